The fourth-order valence-corrected chi connectivity index (χ4v) is 3.18. The molecule has 1 unspecified atom stereocenters. The summed E-state index contributed by atoms with van der Waals surface area (Å²) in [7, 11) is 0. The Labute approximate surface area is 160 Å². The maximum atomic E-state index is 13.2. The first-order valence-electron chi connectivity index (χ1n) is 8.82. The van der Waals surface area contributed by atoms with Crippen molar-refractivity contribution in [1.29, 1.82) is 0 Å². The number of imidazole rings is 1. The molecule has 0 aliphatic carbocycles. The summed E-state index contributed by atoms with van der Waals surface area (Å²) in [6.07, 6.45) is -2.95. The predicted octanol–water partition coefficient (Wildman–Crippen LogP) is 4.25. The monoisotopic (exact) mass is 391 g/mol. The lowest BCUT2D eigenvalue weighted by atomic mass is 9.91. The second-order valence-electron chi connectivity index (χ2n) is 6.38. The van der Waals surface area contributed by atoms with Crippen LogP contribution in [0.15, 0.2) is 48.7 Å². The lowest BCUT2D eigenvalue weighted by Crippen LogP contribution is -2.26. The van der Waals surface area contributed by atoms with Gasteiger partial charge in [-0.25, -0.2) is 10.5 Å². The van der Waals surface area contributed by atoms with Gasteiger partial charge in [-0.05, 0) is 37.6 Å². The topological polar surface area (TPSA) is 55.6 Å². The molecule has 0 saturated carbocycles. The Morgan fingerprint density at radius 2 is 2.00 bits per heavy atom. The number of fused-ring (bicyclic) bond motifs is 1. The number of nitrogens with zero attached hydrogens (tertiary/aromatic N) is 2. The van der Waals surface area contributed by atoms with Crippen molar-refractivity contribution >= 4 is 11.6 Å². The third-order valence-corrected chi connectivity index (χ3v) is 4.45. The molecule has 1 amide bonds. The number of halogens is 3. The molecule has 0 radical (unpaired) electrons. The van der Waals surface area contributed by atoms with Crippen LogP contribution in [0.2, 0.25) is 0 Å². The van der Waals surface area contributed by atoms with E-state index in [9.17, 15) is 18.0 Å². The zero-order valence-corrected chi connectivity index (χ0v) is 15.5. The van der Waals surface area contributed by atoms with Crippen molar-refractivity contribution in [2.75, 3.05) is 6.61 Å². The van der Waals surface area contributed by atoms with E-state index in [2.05, 4.69) is 10.5 Å². The molecule has 5 nitrogen and oxygen atoms in total. The lowest BCUT2D eigenvalue weighted by molar-refractivity contribution is -0.137. The molecule has 0 aliphatic rings. The van der Waals surface area contributed by atoms with E-state index in [1.54, 1.807) is 25.3 Å². The summed E-state index contributed by atoms with van der Waals surface area (Å²) in [5.41, 5.74) is 4.10. The van der Waals surface area contributed by atoms with Gasteiger partial charge in [0, 0.05) is 24.2 Å². The molecule has 0 spiro atoms. The van der Waals surface area contributed by atoms with Crippen LogP contribution < -0.4 is 5.48 Å². The number of hydrogen-bond donors (Lipinski definition) is 1. The maximum absolute atomic E-state index is 13.2. The molecule has 2 aromatic heterocycles. The normalized spacial score (nSPS) is 12.9. The Morgan fingerprint density at radius 1 is 1.25 bits per heavy atom. The molecule has 0 bridgehead atoms. The molecular weight excluding hydrogens is 371 g/mol. The number of rotatable bonds is 6. The number of pyridine rings is 1. The number of hydroxylamine groups is 1. The highest BCUT2D eigenvalue weighted by Crippen LogP contribution is 2.34. The minimum Gasteiger partial charge on any atom is -0.301 e. The SMILES string of the molecule is CCONC(=O)CC(c1cccc(C(F)(F)F)c1)c1cnc2cccc(C)n12. The predicted molar refractivity (Wildman–Crippen MR) is 97.6 cm³/mol. The van der Waals surface area contributed by atoms with Crippen molar-refractivity contribution < 1.29 is 22.8 Å². The van der Waals surface area contributed by atoms with Crippen LogP contribution in [0.3, 0.4) is 0 Å². The molecule has 28 heavy (non-hydrogen) atoms. The minimum absolute atomic E-state index is 0.0799. The summed E-state index contributed by atoms with van der Waals surface area (Å²) in [5.74, 6) is -1.05. The van der Waals surface area contributed by atoms with Gasteiger partial charge >= 0.3 is 6.18 Å². The number of nitrogens with one attached hydrogen (secondary N) is 1. The Morgan fingerprint density at radius 3 is 2.71 bits per heavy atom. The zero-order valence-electron chi connectivity index (χ0n) is 15.5. The first-order valence-corrected chi connectivity index (χ1v) is 8.82. The Balaban J connectivity index is 2.09. The van der Waals surface area contributed by atoms with E-state index in [-0.39, 0.29) is 13.0 Å². The first kappa shape index (κ1) is 19.9. The number of carbonyl (C=O) groups is 1. The van der Waals surface area contributed by atoms with Gasteiger partial charge in [0.2, 0.25) is 5.91 Å². The molecular formula is C20H20F3N3O2. The summed E-state index contributed by atoms with van der Waals surface area (Å²) in [6.45, 7) is 3.88. The van der Waals surface area contributed by atoms with Crippen LogP contribution >= 0.6 is 0 Å². The molecule has 1 aromatic carbocycles. The number of carbonyl (C=O) groups excluding carboxylic acids is 1. The third-order valence-electron chi connectivity index (χ3n) is 4.45. The van der Waals surface area contributed by atoms with Gasteiger partial charge in [-0.2, -0.15) is 13.2 Å². The standard InChI is InChI=1S/C20H20F3N3O2/c1-3-28-25-19(27)11-16(14-7-5-8-15(10-14)20(21,22)23)17-12-24-18-9-4-6-13(2)26(17)18/h4-10,12,16H,3,11H2,1-2H3,(H,25,27). The van der Waals surface area contributed by atoms with E-state index in [0.717, 1.165) is 17.8 Å². The van der Waals surface area contributed by atoms with E-state index in [1.807, 2.05) is 23.5 Å². The average molecular weight is 391 g/mol. The number of amides is 1. The van der Waals surface area contributed by atoms with Gasteiger partial charge in [0.05, 0.1) is 17.9 Å². The smallest absolute Gasteiger partial charge is 0.301 e. The second kappa shape index (κ2) is 8.02. The van der Waals surface area contributed by atoms with Crippen LogP contribution in [0.4, 0.5) is 13.2 Å². The molecule has 0 saturated heterocycles. The summed E-state index contributed by atoms with van der Waals surface area (Å²) >= 11 is 0. The van der Waals surface area contributed by atoms with Gasteiger partial charge in [-0.1, -0.05) is 24.3 Å². The van der Waals surface area contributed by atoms with Crippen molar-refractivity contribution in [2.45, 2.75) is 32.4 Å². The van der Waals surface area contributed by atoms with Gasteiger partial charge < -0.3 is 4.40 Å². The van der Waals surface area contributed by atoms with Crippen molar-refractivity contribution in [3.63, 3.8) is 0 Å². The van der Waals surface area contributed by atoms with Crippen LogP contribution in [-0.4, -0.2) is 21.9 Å². The van der Waals surface area contributed by atoms with Gasteiger partial charge in [0.25, 0.3) is 0 Å². The molecule has 148 valence electrons. The maximum Gasteiger partial charge on any atom is 0.416 e. The molecule has 3 aromatic rings. The minimum atomic E-state index is -4.47. The number of aromatic nitrogens is 2. The van der Waals surface area contributed by atoms with Crippen LogP contribution in [0, 0.1) is 6.92 Å². The summed E-state index contributed by atoms with van der Waals surface area (Å²) in [4.78, 5) is 21.6. The van der Waals surface area contributed by atoms with Crippen LogP contribution in [0.5, 0.6) is 0 Å². The highest BCUT2D eigenvalue weighted by atomic mass is 19.4. The van der Waals surface area contributed by atoms with Gasteiger partial charge in [0.15, 0.2) is 0 Å². The largest absolute Gasteiger partial charge is 0.416 e. The lowest BCUT2D eigenvalue weighted by Gasteiger charge is -2.19. The number of hydrogen-bond acceptors (Lipinski definition) is 3. The Hall–Kier alpha value is -2.87. The van der Waals surface area contributed by atoms with E-state index in [4.69, 9.17) is 4.84 Å². The van der Waals surface area contributed by atoms with Crippen molar-refractivity contribution in [3.05, 3.63) is 71.2 Å². The Bertz CT molecular complexity index is 982. The highest BCUT2D eigenvalue weighted by molar-refractivity contribution is 5.76. The third kappa shape index (κ3) is 4.17. The van der Waals surface area contributed by atoms with Crippen molar-refractivity contribution in [1.82, 2.24) is 14.9 Å². The molecule has 1 N–H and O–H groups in total. The van der Waals surface area contributed by atoms with Gasteiger partial charge in [-0.3, -0.25) is 9.63 Å². The van der Waals surface area contributed by atoms with Crippen molar-refractivity contribution in [2.24, 2.45) is 0 Å². The molecule has 0 fully saturated rings. The van der Waals surface area contributed by atoms with E-state index < -0.39 is 23.6 Å². The average Bonchev–Trinajstić information content (AvgIpc) is 3.09. The quantitative estimate of drug-likeness (QED) is 0.639. The second-order valence-corrected chi connectivity index (χ2v) is 6.38. The fourth-order valence-electron chi connectivity index (χ4n) is 3.18. The summed E-state index contributed by atoms with van der Waals surface area (Å²) < 4.78 is 41.5. The molecule has 1 atom stereocenters. The van der Waals surface area contributed by atoms with Crippen molar-refractivity contribution in [3.8, 4) is 0 Å². The molecule has 0 aliphatic heterocycles. The van der Waals surface area contributed by atoms with Crippen LogP contribution in [0.25, 0.3) is 5.65 Å². The highest BCUT2D eigenvalue weighted by Gasteiger charge is 2.32. The van der Waals surface area contributed by atoms with E-state index >= 15 is 0 Å². The van der Waals surface area contributed by atoms with Gasteiger partial charge in [-0.15, -0.1) is 0 Å². The molecule has 2 heterocycles. The zero-order chi connectivity index (χ0) is 20.3. The Kier molecular flexibility index (Phi) is 5.69. The van der Waals surface area contributed by atoms with Gasteiger partial charge in [0.1, 0.15) is 5.65 Å². The number of aryl methyl sites for hydroxylation is 1. The summed E-state index contributed by atoms with van der Waals surface area (Å²) in [6, 6.07) is 10.6. The molecule has 8 heteroatoms. The molecule has 3 rings (SSSR count). The van der Waals surface area contributed by atoms with Crippen LogP contribution in [0.1, 0.15) is 41.8 Å². The van der Waals surface area contributed by atoms with E-state index in [1.165, 1.54) is 6.07 Å². The first-order chi connectivity index (χ1) is 13.3. The number of alkyl halides is 3. The van der Waals surface area contributed by atoms with Crippen LogP contribution in [-0.2, 0) is 15.8 Å². The number of benzene rings is 1. The fraction of sp³-hybridized carbons (Fsp3) is 0.300. The summed E-state index contributed by atoms with van der Waals surface area (Å²) in [5, 5.41) is 0. The van der Waals surface area contributed by atoms with E-state index in [0.29, 0.717) is 16.9 Å².